The van der Waals surface area contributed by atoms with E-state index in [1.54, 1.807) is 0 Å². The van der Waals surface area contributed by atoms with E-state index in [-0.39, 0.29) is 5.79 Å². The van der Waals surface area contributed by atoms with Crippen LogP contribution in [-0.2, 0) is 9.47 Å². The summed E-state index contributed by atoms with van der Waals surface area (Å²) in [6.07, 6.45) is 7.13. The van der Waals surface area contributed by atoms with E-state index in [1.807, 2.05) is 0 Å². The highest BCUT2D eigenvalue weighted by atomic mass is 16.7. The number of hydrogen-bond donors (Lipinski definition) is 0. The van der Waals surface area contributed by atoms with E-state index in [2.05, 4.69) is 24.8 Å². The first-order valence-electron chi connectivity index (χ1n) is 5.79. The molecule has 2 aliphatic rings. The summed E-state index contributed by atoms with van der Waals surface area (Å²) >= 11 is 0. The minimum absolute atomic E-state index is 0.241. The van der Waals surface area contributed by atoms with Crippen molar-refractivity contribution in [2.45, 2.75) is 44.8 Å². The zero-order valence-electron chi connectivity index (χ0n) is 9.34. The second kappa shape index (κ2) is 4.83. The van der Waals surface area contributed by atoms with Crippen LogP contribution in [-0.4, -0.2) is 19.0 Å². The number of ether oxygens (including phenoxy) is 2. The average molecular weight is 206 g/mol. The first-order chi connectivity index (χ1) is 7.35. The lowest BCUT2D eigenvalue weighted by molar-refractivity contribution is -0.171. The van der Waals surface area contributed by atoms with E-state index < -0.39 is 0 Å². The molecule has 82 valence electrons. The Morgan fingerprint density at radius 3 is 2.53 bits per heavy atom. The van der Waals surface area contributed by atoms with E-state index in [4.69, 9.17) is 9.47 Å². The maximum absolute atomic E-state index is 5.67. The van der Waals surface area contributed by atoms with Crippen LogP contribution >= 0.6 is 0 Å². The van der Waals surface area contributed by atoms with E-state index in [0.717, 1.165) is 45.3 Å². The Balaban J connectivity index is 1.88. The van der Waals surface area contributed by atoms with Gasteiger partial charge in [-0.2, -0.15) is 0 Å². The van der Waals surface area contributed by atoms with E-state index >= 15 is 0 Å². The maximum Gasteiger partial charge on any atom is 0.169 e. The molecule has 0 atom stereocenters. The molecule has 0 aromatic heterocycles. The van der Waals surface area contributed by atoms with Crippen LogP contribution < -0.4 is 0 Å². The van der Waals surface area contributed by atoms with Crippen molar-refractivity contribution >= 4 is 0 Å². The highest BCUT2D eigenvalue weighted by molar-refractivity contribution is 5.22. The van der Waals surface area contributed by atoms with Crippen LogP contribution in [0, 0.1) is 11.8 Å². The molecule has 15 heavy (non-hydrogen) atoms. The van der Waals surface area contributed by atoms with Crippen molar-refractivity contribution in [3.63, 3.8) is 0 Å². The molecule has 1 heterocycles. The van der Waals surface area contributed by atoms with Gasteiger partial charge in [0, 0.05) is 19.3 Å². The molecule has 2 nitrogen and oxygen atoms in total. The van der Waals surface area contributed by atoms with Crippen molar-refractivity contribution in [1.82, 2.24) is 0 Å². The maximum atomic E-state index is 5.67. The largest absolute Gasteiger partial charge is 0.348 e. The van der Waals surface area contributed by atoms with Gasteiger partial charge in [-0.1, -0.05) is 24.3 Å². The summed E-state index contributed by atoms with van der Waals surface area (Å²) in [4.78, 5) is 0. The van der Waals surface area contributed by atoms with Gasteiger partial charge in [-0.05, 0) is 18.9 Å². The Morgan fingerprint density at radius 2 is 1.93 bits per heavy atom. The summed E-state index contributed by atoms with van der Waals surface area (Å²) in [5.74, 6) is 5.92. The monoisotopic (exact) mass is 206 g/mol. The molecule has 1 saturated carbocycles. The molecule has 1 saturated heterocycles. The Morgan fingerprint density at radius 1 is 1.27 bits per heavy atom. The van der Waals surface area contributed by atoms with Crippen LogP contribution in [0.2, 0.25) is 0 Å². The second-order valence-electron chi connectivity index (χ2n) is 4.08. The van der Waals surface area contributed by atoms with Crippen LogP contribution in [0.1, 0.15) is 39.0 Å². The zero-order valence-corrected chi connectivity index (χ0v) is 9.34. The molecule has 1 spiro atoms. The van der Waals surface area contributed by atoms with Crippen molar-refractivity contribution in [1.29, 1.82) is 0 Å². The summed E-state index contributed by atoms with van der Waals surface area (Å²) < 4.78 is 11.3. The van der Waals surface area contributed by atoms with Crippen molar-refractivity contribution in [2.75, 3.05) is 13.2 Å². The third-order valence-electron chi connectivity index (χ3n) is 3.02. The molecule has 0 radical (unpaired) electrons. The fourth-order valence-corrected chi connectivity index (χ4v) is 2.14. The summed E-state index contributed by atoms with van der Waals surface area (Å²) in [6.45, 7) is 3.59. The molecule has 1 aliphatic carbocycles. The molecular formula is C13H18O2. The van der Waals surface area contributed by atoms with Crippen molar-refractivity contribution < 1.29 is 9.47 Å². The van der Waals surface area contributed by atoms with Gasteiger partial charge in [-0.25, -0.2) is 0 Å². The lowest BCUT2D eigenvalue weighted by Gasteiger charge is -2.32. The van der Waals surface area contributed by atoms with E-state index in [0.29, 0.717) is 0 Å². The van der Waals surface area contributed by atoms with Crippen molar-refractivity contribution in [3.05, 3.63) is 11.6 Å². The molecule has 0 amide bonds. The lowest BCUT2D eigenvalue weighted by Crippen LogP contribution is -2.33. The molecule has 1 aliphatic heterocycles. The Labute approximate surface area is 91.6 Å². The summed E-state index contributed by atoms with van der Waals surface area (Å²) in [5, 5.41) is 0. The normalized spacial score (nSPS) is 23.7. The molecule has 0 unspecified atom stereocenters. The number of allylic oxidation sites excluding steroid dienone is 2. The molecule has 2 rings (SSSR count). The smallest absolute Gasteiger partial charge is 0.169 e. The second-order valence-corrected chi connectivity index (χ2v) is 4.08. The highest BCUT2D eigenvalue weighted by Gasteiger charge is 2.38. The van der Waals surface area contributed by atoms with Gasteiger partial charge in [0.15, 0.2) is 5.79 Å². The molecule has 0 aromatic carbocycles. The zero-order chi connectivity index (χ0) is 10.6. The molecule has 0 N–H and O–H groups in total. The van der Waals surface area contributed by atoms with Gasteiger partial charge in [0.1, 0.15) is 0 Å². The third-order valence-corrected chi connectivity index (χ3v) is 3.02. The molecular weight excluding hydrogens is 188 g/mol. The minimum Gasteiger partial charge on any atom is -0.348 e. The molecule has 2 heteroatoms. The summed E-state index contributed by atoms with van der Waals surface area (Å²) in [7, 11) is 0. The fourth-order valence-electron chi connectivity index (χ4n) is 2.14. The fraction of sp³-hybridized carbons (Fsp3) is 0.692. The predicted molar refractivity (Wildman–Crippen MR) is 59.3 cm³/mol. The topological polar surface area (TPSA) is 18.5 Å². The molecule has 0 aromatic rings. The Hall–Kier alpha value is -0.780. The summed E-state index contributed by atoms with van der Waals surface area (Å²) in [6, 6.07) is 0. The van der Waals surface area contributed by atoms with Crippen molar-refractivity contribution in [3.8, 4) is 11.8 Å². The van der Waals surface area contributed by atoms with Crippen LogP contribution in [0.15, 0.2) is 11.6 Å². The van der Waals surface area contributed by atoms with Crippen LogP contribution in [0.4, 0.5) is 0 Å². The Kier molecular flexibility index (Phi) is 3.45. The van der Waals surface area contributed by atoms with Crippen LogP contribution in [0.3, 0.4) is 0 Å². The van der Waals surface area contributed by atoms with Gasteiger partial charge in [0.2, 0.25) is 0 Å². The van der Waals surface area contributed by atoms with Gasteiger partial charge < -0.3 is 9.47 Å². The first-order valence-corrected chi connectivity index (χ1v) is 5.79. The lowest BCUT2D eigenvalue weighted by atomic mass is 9.89. The molecule has 0 bridgehead atoms. The highest BCUT2D eigenvalue weighted by Crippen LogP contribution is 2.37. The summed E-state index contributed by atoms with van der Waals surface area (Å²) in [5.41, 5.74) is 1.45. The predicted octanol–water partition coefficient (Wildman–Crippen LogP) is 2.64. The Bertz CT molecular complexity index is 288. The van der Waals surface area contributed by atoms with Gasteiger partial charge >= 0.3 is 0 Å². The quantitative estimate of drug-likeness (QED) is 0.567. The first kappa shape index (κ1) is 10.7. The van der Waals surface area contributed by atoms with E-state index in [9.17, 15) is 0 Å². The van der Waals surface area contributed by atoms with Gasteiger partial charge in [-0.3, -0.25) is 0 Å². The molecule has 2 fully saturated rings. The van der Waals surface area contributed by atoms with Gasteiger partial charge in [0.05, 0.1) is 13.2 Å². The number of hydrogen-bond acceptors (Lipinski definition) is 2. The van der Waals surface area contributed by atoms with Gasteiger partial charge in [-0.15, -0.1) is 0 Å². The SMILES string of the molecule is CCC#CC=C1CCC2(CC1)OCCO2. The van der Waals surface area contributed by atoms with Crippen LogP contribution in [0.25, 0.3) is 0 Å². The van der Waals surface area contributed by atoms with Crippen LogP contribution in [0.5, 0.6) is 0 Å². The van der Waals surface area contributed by atoms with Gasteiger partial charge in [0.25, 0.3) is 0 Å². The third kappa shape index (κ3) is 2.62. The van der Waals surface area contributed by atoms with E-state index in [1.165, 1.54) is 5.57 Å². The average Bonchev–Trinajstić information content (AvgIpc) is 2.71. The van der Waals surface area contributed by atoms with Crippen molar-refractivity contribution in [2.24, 2.45) is 0 Å². The minimum atomic E-state index is -0.241. The standard InChI is InChI=1S/C13H18O2/c1-2-3-4-5-12-6-8-13(9-7-12)14-10-11-15-13/h5H,2,6-11H2,1H3. The number of rotatable bonds is 0.